The Morgan fingerprint density at radius 1 is 1.30 bits per heavy atom. The summed E-state index contributed by atoms with van der Waals surface area (Å²) in [6.07, 6.45) is 0. The van der Waals surface area contributed by atoms with Crippen molar-refractivity contribution in [3.63, 3.8) is 0 Å². The van der Waals surface area contributed by atoms with Gasteiger partial charge in [0.15, 0.2) is 0 Å². The Bertz CT molecular complexity index is 552. The molecule has 0 saturated carbocycles. The van der Waals surface area contributed by atoms with Crippen molar-refractivity contribution in [2.75, 3.05) is 6.61 Å². The molecule has 1 aromatic carbocycles. The van der Waals surface area contributed by atoms with Gasteiger partial charge in [-0.2, -0.15) is 0 Å². The fourth-order valence-corrected chi connectivity index (χ4v) is 3.57. The molecule has 2 fully saturated rings. The van der Waals surface area contributed by atoms with Gasteiger partial charge in [0, 0.05) is 5.92 Å². The maximum atomic E-state index is 12.7. The van der Waals surface area contributed by atoms with E-state index in [0.717, 1.165) is 5.56 Å². The molecule has 2 saturated heterocycles. The average molecular weight is 273 g/mol. The second-order valence-corrected chi connectivity index (χ2v) is 6.06. The van der Waals surface area contributed by atoms with Crippen molar-refractivity contribution < 1.29 is 14.3 Å². The zero-order valence-corrected chi connectivity index (χ0v) is 12.0. The van der Waals surface area contributed by atoms with E-state index in [1.165, 1.54) is 6.92 Å². The third-order valence-corrected chi connectivity index (χ3v) is 4.42. The maximum absolute atomic E-state index is 12.7. The Morgan fingerprint density at radius 2 is 1.95 bits per heavy atom. The number of ether oxygens (including phenoxy) is 1. The molecule has 2 aliphatic heterocycles. The van der Waals surface area contributed by atoms with Crippen molar-refractivity contribution in [3.05, 3.63) is 35.9 Å². The molecule has 0 radical (unpaired) electrons. The number of hydrogen-bond donors (Lipinski definition) is 0. The lowest BCUT2D eigenvalue weighted by molar-refractivity contribution is -0.147. The Labute approximate surface area is 118 Å². The van der Waals surface area contributed by atoms with Crippen molar-refractivity contribution in [2.45, 2.75) is 38.5 Å². The van der Waals surface area contributed by atoms with E-state index in [-0.39, 0.29) is 23.7 Å². The number of amides is 1. The topological polar surface area (TPSA) is 46.6 Å². The number of carbonyl (C=O) groups excluding carboxylic acids is 2. The summed E-state index contributed by atoms with van der Waals surface area (Å²) in [5.74, 6) is -0.846. The number of nitrogens with zero attached hydrogens (tertiary/aromatic N) is 1. The zero-order valence-electron chi connectivity index (χ0n) is 12.0. The second-order valence-electron chi connectivity index (χ2n) is 6.06. The molecule has 0 spiro atoms. The molecule has 3 rings (SSSR count). The lowest BCUT2D eigenvalue weighted by Gasteiger charge is -2.29. The molecule has 0 unspecified atom stereocenters. The first-order chi connectivity index (χ1) is 9.43. The number of fused-ring (bicyclic) bond motifs is 1. The molecule has 4 heteroatoms. The van der Waals surface area contributed by atoms with Crippen LogP contribution in [0.1, 0.15) is 32.3 Å². The molecular formula is C16H19NO3. The van der Waals surface area contributed by atoms with Gasteiger partial charge in [-0.3, -0.25) is 9.59 Å². The van der Waals surface area contributed by atoms with Crippen LogP contribution >= 0.6 is 0 Å². The Morgan fingerprint density at radius 3 is 2.55 bits per heavy atom. The summed E-state index contributed by atoms with van der Waals surface area (Å²) >= 11 is 0. The number of rotatable bonds is 2. The highest BCUT2D eigenvalue weighted by Crippen LogP contribution is 2.46. The van der Waals surface area contributed by atoms with Gasteiger partial charge in [-0.15, -0.1) is 0 Å². The summed E-state index contributed by atoms with van der Waals surface area (Å²) in [7, 11) is 0. The highest BCUT2D eigenvalue weighted by Gasteiger charge is 2.58. The van der Waals surface area contributed by atoms with E-state index < -0.39 is 11.6 Å². The maximum Gasteiger partial charge on any atom is 0.236 e. The van der Waals surface area contributed by atoms with Crippen LogP contribution < -0.4 is 0 Å². The van der Waals surface area contributed by atoms with E-state index in [1.54, 1.807) is 4.90 Å². The molecule has 0 aromatic heterocycles. The zero-order chi connectivity index (χ0) is 14.5. The summed E-state index contributed by atoms with van der Waals surface area (Å²) in [5.41, 5.74) is 0.411. The average Bonchev–Trinajstić information content (AvgIpc) is 2.87. The standard InChI is InChI=1S/C16H19NO3/c1-10(18)13-14(11-7-5-4-6-8-11)12-9-20-16(2,3)17(12)15(13)19/h4-8,12-14H,9H2,1-3H3/t12-,13+,14-/m1/s1. The highest BCUT2D eigenvalue weighted by molar-refractivity contribution is 6.03. The van der Waals surface area contributed by atoms with Crippen LogP contribution in [0.4, 0.5) is 0 Å². The fraction of sp³-hybridized carbons (Fsp3) is 0.500. The number of Topliss-reactive ketones (excluding diaryl/α,β-unsaturated/α-hetero) is 1. The van der Waals surface area contributed by atoms with Crippen molar-refractivity contribution >= 4 is 11.7 Å². The van der Waals surface area contributed by atoms with Gasteiger partial charge in [-0.05, 0) is 26.3 Å². The quantitative estimate of drug-likeness (QED) is 0.774. The third kappa shape index (κ3) is 1.79. The van der Waals surface area contributed by atoms with Crippen molar-refractivity contribution in [1.82, 2.24) is 4.90 Å². The van der Waals surface area contributed by atoms with E-state index >= 15 is 0 Å². The van der Waals surface area contributed by atoms with Crippen molar-refractivity contribution in [3.8, 4) is 0 Å². The van der Waals surface area contributed by atoms with Crippen LogP contribution in [0.25, 0.3) is 0 Å². The molecule has 1 aromatic rings. The largest absolute Gasteiger partial charge is 0.354 e. The SMILES string of the molecule is CC(=O)[C@@H]1C(=O)N2[C@H](COC2(C)C)[C@H]1c1ccccc1. The number of benzene rings is 1. The van der Waals surface area contributed by atoms with Crippen LogP contribution in [0.5, 0.6) is 0 Å². The number of ketones is 1. The first kappa shape index (κ1) is 13.3. The molecule has 0 bridgehead atoms. The minimum atomic E-state index is -0.626. The summed E-state index contributed by atoms with van der Waals surface area (Å²) in [6.45, 7) is 5.77. The summed E-state index contributed by atoms with van der Waals surface area (Å²) < 4.78 is 5.75. The van der Waals surface area contributed by atoms with Gasteiger partial charge in [0.25, 0.3) is 0 Å². The summed E-state index contributed by atoms with van der Waals surface area (Å²) in [5, 5.41) is 0. The van der Waals surface area contributed by atoms with E-state index in [2.05, 4.69) is 0 Å². The predicted octanol–water partition coefficient (Wildman–Crippen LogP) is 1.95. The Hall–Kier alpha value is -1.68. The van der Waals surface area contributed by atoms with Gasteiger partial charge in [0.1, 0.15) is 17.4 Å². The van der Waals surface area contributed by atoms with Crippen LogP contribution in [-0.4, -0.2) is 35.0 Å². The number of hydrogen-bond acceptors (Lipinski definition) is 3. The molecule has 2 heterocycles. The van der Waals surface area contributed by atoms with Gasteiger partial charge in [0.05, 0.1) is 12.6 Å². The van der Waals surface area contributed by atoms with Crippen LogP contribution in [-0.2, 0) is 14.3 Å². The molecule has 0 N–H and O–H groups in total. The fourth-order valence-electron chi connectivity index (χ4n) is 3.57. The lowest BCUT2D eigenvalue weighted by Crippen LogP contribution is -2.44. The van der Waals surface area contributed by atoms with Gasteiger partial charge in [-0.25, -0.2) is 0 Å². The van der Waals surface area contributed by atoms with Gasteiger partial charge in [0.2, 0.25) is 5.91 Å². The summed E-state index contributed by atoms with van der Waals surface area (Å²) in [4.78, 5) is 26.4. The third-order valence-electron chi connectivity index (χ3n) is 4.42. The summed E-state index contributed by atoms with van der Waals surface area (Å²) in [6, 6.07) is 9.76. The first-order valence-corrected chi connectivity index (χ1v) is 6.96. The first-order valence-electron chi connectivity index (χ1n) is 6.96. The molecule has 0 aliphatic carbocycles. The monoisotopic (exact) mass is 273 g/mol. The van der Waals surface area contributed by atoms with Crippen LogP contribution in [0.15, 0.2) is 30.3 Å². The molecule has 20 heavy (non-hydrogen) atoms. The molecule has 1 amide bonds. The van der Waals surface area contributed by atoms with Crippen LogP contribution in [0, 0.1) is 5.92 Å². The van der Waals surface area contributed by atoms with E-state index in [0.29, 0.717) is 6.61 Å². The van der Waals surface area contributed by atoms with E-state index in [1.807, 2.05) is 44.2 Å². The molecule has 2 aliphatic rings. The molecule has 4 nitrogen and oxygen atoms in total. The smallest absolute Gasteiger partial charge is 0.236 e. The van der Waals surface area contributed by atoms with Gasteiger partial charge in [-0.1, -0.05) is 30.3 Å². The van der Waals surface area contributed by atoms with Crippen LogP contribution in [0.2, 0.25) is 0 Å². The minimum Gasteiger partial charge on any atom is -0.354 e. The van der Waals surface area contributed by atoms with Crippen LogP contribution in [0.3, 0.4) is 0 Å². The van der Waals surface area contributed by atoms with E-state index in [4.69, 9.17) is 4.74 Å². The Balaban J connectivity index is 2.07. The molecule has 106 valence electrons. The number of carbonyl (C=O) groups is 2. The second kappa shape index (κ2) is 4.42. The normalized spacial score (nSPS) is 31.4. The van der Waals surface area contributed by atoms with Gasteiger partial charge < -0.3 is 9.64 Å². The highest BCUT2D eigenvalue weighted by atomic mass is 16.5. The Kier molecular flexibility index (Phi) is 2.94. The van der Waals surface area contributed by atoms with Gasteiger partial charge >= 0.3 is 0 Å². The molecular weight excluding hydrogens is 254 g/mol. The van der Waals surface area contributed by atoms with Crippen molar-refractivity contribution in [2.24, 2.45) is 5.92 Å². The van der Waals surface area contributed by atoms with E-state index in [9.17, 15) is 9.59 Å². The lowest BCUT2D eigenvalue weighted by atomic mass is 9.82. The van der Waals surface area contributed by atoms with Crippen molar-refractivity contribution in [1.29, 1.82) is 0 Å². The minimum absolute atomic E-state index is 0.0474. The molecule has 3 atom stereocenters. The predicted molar refractivity (Wildman–Crippen MR) is 74.0 cm³/mol.